The quantitative estimate of drug-likeness (QED) is 0.105. The van der Waals surface area contributed by atoms with Crippen LogP contribution in [0.1, 0.15) is 41.7 Å². The van der Waals surface area contributed by atoms with Gasteiger partial charge in [-0.3, -0.25) is 0 Å². The van der Waals surface area contributed by atoms with E-state index in [2.05, 4.69) is 188 Å². The molecule has 57 heavy (non-hydrogen) atoms. The fourth-order valence-electron chi connectivity index (χ4n) is 9.68. The van der Waals surface area contributed by atoms with E-state index in [0.717, 1.165) is 33.5 Å². The highest BCUT2D eigenvalue weighted by Gasteiger charge is 2.41. The van der Waals surface area contributed by atoms with Crippen molar-refractivity contribution in [2.75, 3.05) is 0 Å². The smallest absolute Gasteiger partial charge is 0.147 e. The van der Waals surface area contributed by atoms with Crippen molar-refractivity contribution in [2.24, 2.45) is 10.7 Å². The summed E-state index contributed by atoms with van der Waals surface area (Å²) in [5.41, 5.74) is 20.9. The van der Waals surface area contributed by atoms with Gasteiger partial charge in [-0.2, -0.15) is 0 Å². The zero-order valence-electron chi connectivity index (χ0n) is 31.9. The number of hydrogen-bond donors (Lipinski definition) is 2. The second kappa shape index (κ2) is 12.7. The van der Waals surface area contributed by atoms with E-state index in [1.54, 1.807) is 0 Å². The van der Waals surface area contributed by atoms with Gasteiger partial charge in [0, 0.05) is 39.2 Å². The van der Waals surface area contributed by atoms with Crippen LogP contribution in [0.15, 0.2) is 187 Å². The first kappa shape index (κ1) is 33.2. The van der Waals surface area contributed by atoms with Crippen molar-refractivity contribution in [1.82, 2.24) is 9.88 Å². The summed E-state index contributed by atoms with van der Waals surface area (Å²) in [6, 6.07) is 60.8. The second-order valence-corrected chi connectivity index (χ2v) is 15.8. The Hall–Kier alpha value is -7.17. The summed E-state index contributed by atoms with van der Waals surface area (Å²) in [5, 5.41) is 11.3. The van der Waals surface area contributed by atoms with Gasteiger partial charge in [0.25, 0.3) is 0 Å². The van der Waals surface area contributed by atoms with Gasteiger partial charge in [0.2, 0.25) is 0 Å². The number of dihydropyridines is 1. The minimum absolute atomic E-state index is 0.261. The average molecular weight is 733 g/mol. The Morgan fingerprint density at radius 1 is 0.579 bits per heavy atom. The largest absolute Gasteiger partial charge is 0.383 e. The summed E-state index contributed by atoms with van der Waals surface area (Å²) < 4.78 is 2.47. The lowest BCUT2D eigenvalue weighted by Crippen LogP contribution is -2.30. The van der Waals surface area contributed by atoms with Crippen LogP contribution in [0.3, 0.4) is 0 Å². The Morgan fingerprint density at radius 3 is 1.89 bits per heavy atom. The summed E-state index contributed by atoms with van der Waals surface area (Å²) in [4.78, 5) is 5.09. The Labute approximate surface area is 331 Å². The zero-order chi connectivity index (χ0) is 38.3. The van der Waals surface area contributed by atoms with Crippen molar-refractivity contribution in [1.29, 1.82) is 0 Å². The number of nitrogens with one attached hydrogen (secondary N) is 1. The van der Waals surface area contributed by atoms with E-state index in [9.17, 15) is 0 Å². The van der Waals surface area contributed by atoms with Crippen LogP contribution in [0.5, 0.6) is 0 Å². The van der Waals surface area contributed by atoms with Crippen molar-refractivity contribution in [3.63, 3.8) is 0 Å². The van der Waals surface area contributed by atoms with Gasteiger partial charge in [-0.25, -0.2) is 4.99 Å². The van der Waals surface area contributed by atoms with Gasteiger partial charge in [-0.15, -0.1) is 0 Å². The molecule has 11 rings (SSSR count). The summed E-state index contributed by atoms with van der Waals surface area (Å²) in [5.74, 6) is 0.482. The van der Waals surface area contributed by atoms with E-state index >= 15 is 0 Å². The molecule has 1 atom stereocenters. The highest BCUT2D eigenvalue weighted by molar-refractivity contribution is 6.21. The third-order valence-corrected chi connectivity index (χ3v) is 12.2. The van der Waals surface area contributed by atoms with Crippen LogP contribution in [-0.2, 0) is 5.41 Å². The lowest BCUT2D eigenvalue weighted by atomic mass is 9.78. The number of hydrogen-bond acceptors (Lipinski definition) is 2. The number of benzene rings is 8. The predicted octanol–water partition coefficient (Wildman–Crippen LogP) is 12.2. The fraction of sp³-hybridized carbons (Fsp3) is 0.0755. The van der Waals surface area contributed by atoms with Gasteiger partial charge < -0.3 is 15.6 Å². The van der Waals surface area contributed by atoms with E-state index in [-0.39, 0.29) is 11.6 Å². The average Bonchev–Trinajstić information content (AvgIpc) is 3.73. The molecule has 0 radical (unpaired) electrons. The van der Waals surface area contributed by atoms with Crippen LogP contribution in [0.4, 0.5) is 0 Å². The molecule has 1 aliphatic heterocycles. The highest BCUT2D eigenvalue weighted by atomic mass is 15.1. The van der Waals surface area contributed by atoms with Crippen LogP contribution >= 0.6 is 0 Å². The molecule has 0 bridgehead atoms. The SMILES string of the molecule is CC1(C)c2c(c3ccccc3c3ccccc23)-c2ccc3c4ccccc4n(-c4ccc(C(N)=NC5NC=C(c6ccccc6)C=C5c5ccccc5)cc4)c3c21. The number of rotatable bonds is 5. The van der Waals surface area contributed by atoms with Crippen molar-refractivity contribution in [2.45, 2.75) is 25.4 Å². The molecule has 8 aromatic carbocycles. The molecule has 1 aromatic heterocycles. The van der Waals surface area contributed by atoms with Gasteiger partial charge in [0.05, 0.1) is 11.0 Å². The topological polar surface area (TPSA) is 55.3 Å². The molecule has 3 N–H and O–H groups in total. The van der Waals surface area contributed by atoms with Crippen molar-refractivity contribution in [3.05, 3.63) is 210 Å². The van der Waals surface area contributed by atoms with Gasteiger partial charge in [0.15, 0.2) is 0 Å². The van der Waals surface area contributed by atoms with Crippen LogP contribution in [0, 0.1) is 0 Å². The van der Waals surface area contributed by atoms with Crippen molar-refractivity contribution in [3.8, 4) is 16.8 Å². The highest BCUT2D eigenvalue weighted by Crippen LogP contribution is 2.57. The van der Waals surface area contributed by atoms with Crippen LogP contribution < -0.4 is 11.1 Å². The summed E-state index contributed by atoms with van der Waals surface area (Å²) >= 11 is 0. The molecular weight excluding hydrogens is 693 g/mol. The monoisotopic (exact) mass is 732 g/mol. The maximum atomic E-state index is 6.87. The summed E-state index contributed by atoms with van der Waals surface area (Å²) in [6.45, 7) is 4.83. The van der Waals surface area contributed by atoms with Crippen LogP contribution in [0.25, 0.3) is 71.3 Å². The number of aromatic nitrogens is 1. The second-order valence-electron chi connectivity index (χ2n) is 15.8. The van der Waals surface area contributed by atoms with Crippen molar-refractivity contribution < 1.29 is 0 Å². The molecule has 0 saturated carbocycles. The number of aliphatic imine (C=N–C) groups is 1. The molecule has 272 valence electrons. The normalized spacial score (nSPS) is 16.0. The molecule has 2 aliphatic rings. The van der Waals surface area contributed by atoms with Crippen LogP contribution in [0.2, 0.25) is 0 Å². The van der Waals surface area contributed by atoms with E-state index in [4.69, 9.17) is 10.7 Å². The minimum Gasteiger partial charge on any atom is -0.383 e. The molecule has 0 saturated heterocycles. The Bertz CT molecular complexity index is 3160. The lowest BCUT2D eigenvalue weighted by molar-refractivity contribution is 0.670. The minimum atomic E-state index is -0.338. The number of allylic oxidation sites excluding steroid dienone is 2. The van der Waals surface area contributed by atoms with E-state index in [1.165, 1.54) is 65.6 Å². The first-order chi connectivity index (χ1) is 28.0. The third-order valence-electron chi connectivity index (χ3n) is 12.2. The predicted molar refractivity (Wildman–Crippen MR) is 240 cm³/mol. The molecule has 4 heteroatoms. The van der Waals surface area contributed by atoms with Crippen molar-refractivity contribution >= 4 is 60.3 Å². The molecular formula is C53H40N4. The maximum Gasteiger partial charge on any atom is 0.147 e. The molecule has 2 heterocycles. The molecule has 0 amide bonds. The molecule has 4 nitrogen and oxygen atoms in total. The summed E-state index contributed by atoms with van der Waals surface area (Å²) in [6.07, 6.45) is 3.92. The standard InChI is InChI=1S/C53H40N4/c1-53(2)48-42-23-12-10-20-39(42)38-19-9-11-22-41(38)47(48)44-30-29-43-40-21-13-14-24-46(40)57(50(43)49(44)53)37-27-25-35(26-28-37)51(54)56-52-45(34-17-7-4-8-18-34)31-36(32-55-52)33-15-5-3-6-16-33/h3-32,52,55H,1-2H3,(H2,54,56). The zero-order valence-corrected chi connectivity index (χ0v) is 31.9. The lowest BCUT2D eigenvalue weighted by Gasteiger charge is -2.25. The van der Waals surface area contributed by atoms with Gasteiger partial charge in [-0.05, 0) is 96.9 Å². The van der Waals surface area contributed by atoms with E-state index < -0.39 is 0 Å². The van der Waals surface area contributed by atoms with Gasteiger partial charge in [0.1, 0.15) is 12.0 Å². The number of amidine groups is 1. The number of para-hydroxylation sites is 1. The van der Waals surface area contributed by atoms with E-state index in [1.807, 2.05) is 18.3 Å². The first-order valence-corrected chi connectivity index (χ1v) is 19.7. The summed E-state index contributed by atoms with van der Waals surface area (Å²) in [7, 11) is 0. The molecule has 0 fully saturated rings. The van der Waals surface area contributed by atoms with Crippen LogP contribution in [-0.4, -0.2) is 16.6 Å². The molecule has 0 spiro atoms. The number of nitrogens with zero attached hydrogens (tertiary/aromatic N) is 2. The third kappa shape index (κ3) is 5.04. The van der Waals surface area contributed by atoms with E-state index in [0.29, 0.717) is 5.84 Å². The molecule has 9 aromatic rings. The molecule has 1 unspecified atom stereocenters. The Morgan fingerprint density at radius 2 is 1.18 bits per heavy atom. The van der Waals surface area contributed by atoms with Gasteiger partial charge in [-0.1, -0.05) is 153 Å². The number of nitrogens with two attached hydrogens (primary N) is 1. The Balaban J connectivity index is 1.04. The first-order valence-electron chi connectivity index (χ1n) is 19.7. The fourth-order valence-corrected chi connectivity index (χ4v) is 9.68. The van der Waals surface area contributed by atoms with Gasteiger partial charge >= 0.3 is 0 Å². The maximum absolute atomic E-state index is 6.87. The molecule has 1 aliphatic carbocycles. The Kier molecular flexibility index (Phi) is 7.39. The number of fused-ring (bicyclic) bond motifs is 12.